The average Bonchev–Trinajstić information content (AvgIpc) is 2.36. The molecule has 0 saturated heterocycles. The topological polar surface area (TPSA) is 79.5 Å². The molecule has 1 unspecified atom stereocenters. The molecule has 1 aliphatic rings. The number of aliphatic imine (C=N–C) groups is 1. The molecule has 0 spiro atoms. The Bertz CT molecular complexity index is 309. The van der Waals surface area contributed by atoms with E-state index in [-0.39, 0.29) is 11.9 Å². The van der Waals surface area contributed by atoms with Gasteiger partial charge in [-0.3, -0.25) is 9.79 Å². The number of nitrogens with one attached hydrogen (secondary N) is 2. The molecule has 0 aliphatic heterocycles. The molecule has 0 aromatic carbocycles. The standard InChI is InChI=1S/C14H28N4O/c1-10(2)9-16-13(19)11(3)17-14(15)18-12-7-5-4-6-8-12/h10-12H,4-9H2,1-3H3,(H,16,19)(H3,15,17,18). The molecule has 4 N–H and O–H groups in total. The minimum Gasteiger partial charge on any atom is -0.370 e. The van der Waals surface area contributed by atoms with Crippen LogP contribution in [0.15, 0.2) is 4.99 Å². The molecular formula is C14H28N4O. The lowest BCUT2D eigenvalue weighted by Gasteiger charge is -2.20. The van der Waals surface area contributed by atoms with Crippen molar-refractivity contribution in [3.8, 4) is 0 Å². The van der Waals surface area contributed by atoms with Crippen molar-refractivity contribution < 1.29 is 4.79 Å². The second kappa shape index (κ2) is 8.02. The van der Waals surface area contributed by atoms with Gasteiger partial charge in [0, 0.05) is 6.54 Å². The second-order valence-corrected chi connectivity index (χ2v) is 5.81. The second-order valence-electron chi connectivity index (χ2n) is 5.81. The molecule has 5 nitrogen and oxygen atoms in total. The van der Waals surface area contributed by atoms with E-state index in [2.05, 4.69) is 29.5 Å². The van der Waals surface area contributed by atoms with Gasteiger partial charge in [0.25, 0.3) is 0 Å². The molecule has 0 radical (unpaired) electrons. The van der Waals surface area contributed by atoms with Crippen LogP contribution in [0.5, 0.6) is 0 Å². The lowest BCUT2D eigenvalue weighted by Crippen LogP contribution is -2.48. The van der Waals surface area contributed by atoms with Crippen molar-refractivity contribution in [3.63, 3.8) is 0 Å². The Morgan fingerprint density at radius 3 is 2.47 bits per heavy atom. The van der Waals surface area contributed by atoms with Crippen LogP contribution < -0.4 is 16.4 Å². The number of guanidine groups is 1. The summed E-state index contributed by atoms with van der Waals surface area (Å²) in [5.41, 5.74) is 5.86. The normalized spacial score (nSPS) is 19.3. The van der Waals surface area contributed by atoms with Gasteiger partial charge in [-0.05, 0) is 25.7 Å². The van der Waals surface area contributed by atoms with Gasteiger partial charge in [-0.25, -0.2) is 0 Å². The Kier molecular flexibility index (Phi) is 6.67. The number of amides is 1. The third-order valence-corrected chi connectivity index (χ3v) is 3.34. The smallest absolute Gasteiger partial charge is 0.242 e. The Morgan fingerprint density at radius 1 is 1.26 bits per heavy atom. The monoisotopic (exact) mass is 268 g/mol. The van der Waals surface area contributed by atoms with E-state index in [1.54, 1.807) is 6.92 Å². The van der Waals surface area contributed by atoms with Crippen molar-refractivity contribution in [2.45, 2.75) is 65.0 Å². The highest BCUT2D eigenvalue weighted by molar-refractivity contribution is 5.87. The highest BCUT2D eigenvalue weighted by atomic mass is 16.2. The summed E-state index contributed by atoms with van der Waals surface area (Å²) in [6.45, 7) is 6.62. The van der Waals surface area contributed by atoms with E-state index in [1.165, 1.54) is 19.3 Å². The summed E-state index contributed by atoms with van der Waals surface area (Å²) in [7, 11) is 0. The predicted octanol–water partition coefficient (Wildman–Crippen LogP) is 1.38. The highest BCUT2D eigenvalue weighted by Crippen LogP contribution is 2.19. The molecule has 0 aromatic rings. The van der Waals surface area contributed by atoms with Gasteiger partial charge >= 0.3 is 0 Å². The van der Waals surface area contributed by atoms with Crippen molar-refractivity contribution in [1.82, 2.24) is 10.6 Å². The van der Waals surface area contributed by atoms with Crippen molar-refractivity contribution in [3.05, 3.63) is 0 Å². The quantitative estimate of drug-likeness (QED) is 0.520. The van der Waals surface area contributed by atoms with E-state index >= 15 is 0 Å². The molecule has 5 heteroatoms. The minimum absolute atomic E-state index is 0.0319. The van der Waals surface area contributed by atoms with E-state index in [0.29, 0.717) is 24.5 Å². The maximum absolute atomic E-state index is 11.8. The number of carbonyl (C=O) groups is 1. The van der Waals surface area contributed by atoms with Gasteiger partial charge in [-0.2, -0.15) is 0 Å². The van der Waals surface area contributed by atoms with Crippen molar-refractivity contribution >= 4 is 11.9 Å². The number of nitrogens with zero attached hydrogens (tertiary/aromatic N) is 1. The molecule has 0 bridgehead atoms. The molecule has 19 heavy (non-hydrogen) atoms. The number of hydrogen-bond donors (Lipinski definition) is 3. The van der Waals surface area contributed by atoms with E-state index in [9.17, 15) is 4.79 Å². The first-order valence-electron chi connectivity index (χ1n) is 7.36. The number of nitrogens with two attached hydrogens (primary N) is 1. The zero-order chi connectivity index (χ0) is 14.3. The van der Waals surface area contributed by atoms with Gasteiger partial charge in [0.1, 0.15) is 6.04 Å². The first-order valence-corrected chi connectivity index (χ1v) is 7.36. The fraction of sp³-hybridized carbons (Fsp3) is 0.857. The molecule has 1 saturated carbocycles. The SMILES string of the molecule is CC(C)CNC(=O)C(C)NC(N)=NC1CCCCC1. The maximum Gasteiger partial charge on any atom is 0.242 e. The minimum atomic E-state index is -0.342. The van der Waals surface area contributed by atoms with Crippen LogP contribution in [0.25, 0.3) is 0 Å². The molecule has 0 aromatic heterocycles. The molecule has 1 aliphatic carbocycles. The Labute approximate surface area is 116 Å². The maximum atomic E-state index is 11.8. The Balaban J connectivity index is 2.35. The van der Waals surface area contributed by atoms with Crippen LogP contribution in [0.4, 0.5) is 0 Å². The molecule has 0 heterocycles. The van der Waals surface area contributed by atoms with E-state index < -0.39 is 0 Å². The van der Waals surface area contributed by atoms with Crippen LogP contribution >= 0.6 is 0 Å². The van der Waals surface area contributed by atoms with Gasteiger partial charge in [-0.15, -0.1) is 0 Å². The summed E-state index contributed by atoms with van der Waals surface area (Å²) in [6, 6.07) is -0.0155. The summed E-state index contributed by atoms with van der Waals surface area (Å²) in [5.74, 6) is 0.805. The van der Waals surface area contributed by atoms with Crippen LogP contribution in [-0.4, -0.2) is 30.5 Å². The van der Waals surface area contributed by atoms with E-state index in [4.69, 9.17) is 5.73 Å². The predicted molar refractivity (Wildman–Crippen MR) is 78.9 cm³/mol. The number of carbonyl (C=O) groups excluding carboxylic acids is 1. The Hall–Kier alpha value is -1.26. The summed E-state index contributed by atoms with van der Waals surface area (Å²) >= 11 is 0. The van der Waals surface area contributed by atoms with Crippen LogP contribution in [0, 0.1) is 5.92 Å². The van der Waals surface area contributed by atoms with Crippen molar-refractivity contribution in [2.24, 2.45) is 16.6 Å². The lowest BCUT2D eigenvalue weighted by atomic mass is 9.96. The largest absolute Gasteiger partial charge is 0.370 e. The van der Waals surface area contributed by atoms with E-state index in [0.717, 1.165) is 12.8 Å². The fourth-order valence-corrected chi connectivity index (χ4v) is 2.19. The zero-order valence-corrected chi connectivity index (χ0v) is 12.4. The lowest BCUT2D eigenvalue weighted by molar-refractivity contribution is -0.122. The molecule has 1 atom stereocenters. The van der Waals surface area contributed by atoms with Crippen LogP contribution in [0.1, 0.15) is 52.9 Å². The van der Waals surface area contributed by atoms with Gasteiger partial charge in [0.2, 0.25) is 5.91 Å². The zero-order valence-electron chi connectivity index (χ0n) is 12.4. The van der Waals surface area contributed by atoms with Crippen LogP contribution in [-0.2, 0) is 4.79 Å². The third-order valence-electron chi connectivity index (χ3n) is 3.34. The summed E-state index contributed by atoms with van der Waals surface area (Å²) < 4.78 is 0. The van der Waals surface area contributed by atoms with Gasteiger partial charge in [0.15, 0.2) is 5.96 Å². The summed E-state index contributed by atoms with van der Waals surface area (Å²) in [4.78, 5) is 16.2. The number of hydrogen-bond acceptors (Lipinski definition) is 2. The third kappa shape index (κ3) is 6.45. The first kappa shape index (κ1) is 15.8. The highest BCUT2D eigenvalue weighted by Gasteiger charge is 2.15. The Morgan fingerprint density at radius 2 is 1.89 bits per heavy atom. The fourth-order valence-electron chi connectivity index (χ4n) is 2.19. The molecule has 110 valence electrons. The average molecular weight is 268 g/mol. The molecule has 1 fully saturated rings. The molecule has 1 rings (SSSR count). The number of rotatable bonds is 5. The first-order chi connectivity index (χ1) is 8.99. The van der Waals surface area contributed by atoms with Crippen LogP contribution in [0.2, 0.25) is 0 Å². The van der Waals surface area contributed by atoms with Gasteiger partial charge < -0.3 is 16.4 Å². The summed E-state index contributed by atoms with van der Waals surface area (Å²) in [6.07, 6.45) is 5.97. The van der Waals surface area contributed by atoms with Gasteiger partial charge in [-0.1, -0.05) is 33.1 Å². The van der Waals surface area contributed by atoms with Crippen molar-refractivity contribution in [2.75, 3.05) is 6.54 Å². The van der Waals surface area contributed by atoms with Crippen LogP contribution in [0.3, 0.4) is 0 Å². The molecule has 1 amide bonds. The molecular weight excluding hydrogens is 240 g/mol. The van der Waals surface area contributed by atoms with E-state index in [1.807, 2.05) is 0 Å². The summed E-state index contributed by atoms with van der Waals surface area (Å²) in [5, 5.41) is 5.85. The van der Waals surface area contributed by atoms with Crippen molar-refractivity contribution in [1.29, 1.82) is 0 Å². The van der Waals surface area contributed by atoms with Gasteiger partial charge in [0.05, 0.1) is 6.04 Å².